The number of hydrogen-bond donors (Lipinski definition) is 1. The molecule has 4 fully saturated rings. The average molecular weight is 248 g/mol. The van der Waals surface area contributed by atoms with Gasteiger partial charge in [0.25, 0.3) is 0 Å². The van der Waals surface area contributed by atoms with Crippen molar-refractivity contribution in [2.45, 2.75) is 70.3 Å². The van der Waals surface area contributed by atoms with Gasteiger partial charge in [-0.05, 0) is 80.5 Å². The lowest BCUT2D eigenvalue weighted by Gasteiger charge is -2.52. The molecule has 0 aromatic rings. The van der Waals surface area contributed by atoms with Crippen LogP contribution in [0.4, 0.5) is 0 Å². The van der Waals surface area contributed by atoms with Crippen LogP contribution >= 0.6 is 0 Å². The predicted molar refractivity (Wildman–Crippen MR) is 73.1 cm³/mol. The van der Waals surface area contributed by atoms with Gasteiger partial charge < -0.3 is 5.11 Å². The highest BCUT2D eigenvalue weighted by Crippen LogP contribution is 2.57. The Labute approximate surface area is 111 Å². The third-order valence-electron chi connectivity index (χ3n) is 7.13. The summed E-state index contributed by atoms with van der Waals surface area (Å²) in [5.74, 6) is 5.60. The van der Waals surface area contributed by atoms with E-state index in [2.05, 4.69) is 0 Å². The van der Waals surface area contributed by atoms with Crippen LogP contribution in [-0.2, 0) is 0 Å². The zero-order chi connectivity index (χ0) is 12.1. The second-order valence-corrected chi connectivity index (χ2v) is 7.67. The zero-order valence-corrected chi connectivity index (χ0v) is 11.6. The van der Waals surface area contributed by atoms with Crippen molar-refractivity contribution in [1.29, 1.82) is 0 Å². The van der Waals surface area contributed by atoms with Crippen LogP contribution in [0.3, 0.4) is 0 Å². The molecule has 0 radical (unpaired) electrons. The molecule has 7 unspecified atom stereocenters. The van der Waals surface area contributed by atoms with Crippen LogP contribution < -0.4 is 0 Å². The molecule has 1 heteroatoms. The topological polar surface area (TPSA) is 20.2 Å². The highest BCUT2D eigenvalue weighted by atomic mass is 16.3. The van der Waals surface area contributed by atoms with Gasteiger partial charge in [-0.15, -0.1) is 0 Å². The number of aliphatic hydroxyl groups excluding tert-OH is 1. The molecule has 0 aliphatic heterocycles. The van der Waals surface area contributed by atoms with Crippen molar-refractivity contribution in [2.24, 2.45) is 35.5 Å². The van der Waals surface area contributed by atoms with E-state index in [0.717, 1.165) is 36.0 Å². The van der Waals surface area contributed by atoms with E-state index >= 15 is 0 Å². The predicted octanol–water partition coefficient (Wildman–Crippen LogP) is 4.00. The first-order valence-electron chi connectivity index (χ1n) is 8.52. The molecule has 0 amide bonds. The summed E-state index contributed by atoms with van der Waals surface area (Å²) in [4.78, 5) is 0. The van der Waals surface area contributed by atoms with E-state index in [1.165, 1.54) is 57.8 Å². The lowest BCUT2D eigenvalue weighted by Crippen LogP contribution is -2.45. The molecule has 0 heterocycles. The Morgan fingerprint density at radius 2 is 1.28 bits per heavy atom. The number of hydrogen-bond acceptors (Lipinski definition) is 1. The molecule has 0 aromatic carbocycles. The highest BCUT2D eigenvalue weighted by Gasteiger charge is 2.51. The molecule has 4 rings (SSSR count). The smallest absolute Gasteiger partial charge is 0.0573 e. The normalized spacial score (nSPS) is 55.5. The van der Waals surface area contributed by atoms with Crippen molar-refractivity contribution in [3.63, 3.8) is 0 Å². The van der Waals surface area contributed by atoms with Gasteiger partial charge in [0.15, 0.2) is 0 Å². The summed E-state index contributed by atoms with van der Waals surface area (Å²) in [6, 6.07) is 0. The molecule has 0 aromatic heterocycles. The van der Waals surface area contributed by atoms with Crippen molar-refractivity contribution in [3.8, 4) is 0 Å². The lowest BCUT2D eigenvalue weighted by atomic mass is 9.53. The van der Waals surface area contributed by atoms with Gasteiger partial charge in [0.2, 0.25) is 0 Å². The largest absolute Gasteiger partial charge is 0.393 e. The molecule has 4 aliphatic rings. The maximum atomic E-state index is 10.4. The highest BCUT2D eigenvalue weighted by molar-refractivity contribution is 5.00. The van der Waals surface area contributed by atoms with Gasteiger partial charge in [0.05, 0.1) is 6.10 Å². The summed E-state index contributed by atoms with van der Waals surface area (Å²) >= 11 is 0. The molecule has 102 valence electrons. The standard InChI is InChI=1S/C17H28O/c18-16-10-7-12-6-8-14-13-4-2-1-3-11(13)5-9-15(14)17(12)16/h11-18H,1-10H2. The van der Waals surface area contributed by atoms with Crippen LogP contribution in [0.5, 0.6) is 0 Å². The van der Waals surface area contributed by atoms with Crippen LogP contribution in [-0.4, -0.2) is 11.2 Å². The summed E-state index contributed by atoms with van der Waals surface area (Å²) < 4.78 is 0. The molecule has 18 heavy (non-hydrogen) atoms. The van der Waals surface area contributed by atoms with Crippen LogP contribution in [0.15, 0.2) is 0 Å². The van der Waals surface area contributed by atoms with E-state index in [-0.39, 0.29) is 6.10 Å². The Kier molecular flexibility index (Phi) is 2.94. The minimum atomic E-state index is 0.0583. The van der Waals surface area contributed by atoms with Gasteiger partial charge in [-0.25, -0.2) is 0 Å². The molecular formula is C17H28O. The van der Waals surface area contributed by atoms with Crippen molar-refractivity contribution in [1.82, 2.24) is 0 Å². The van der Waals surface area contributed by atoms with E-state index in [1.807, 2.05) is 0 Å². The third-order valence-corrected chi connectivity index (χ3v) is 7.13. The first-order valence-corrected chi connectivity index (χ1v) is 8.52. The molecule has 7 atom stereocenters. The zero-order valence-electron chi connectivity index (χ0n) is 11.6. The fourth-order valence-corrected chi connectivity index (χ4v) is 6.46. The van der Waals surface area contributed by atoms with Crippen molar-refractivity contribution in [2.75, 3.05) is 0 Å². The summed E-state index contributed by atoms with van der Waals surface area (Å²) in [6.45, 7) is 0. The van der Waals surface area contributed by atoms with Gasteiger partial charge in [0.1, 0.15) is 0 Å². The Balaban J connectivity index is 1.57. The van der Waals surface area contributed by atoms with E-state index in [9.17, 15) is 5.11 Å². The van der Waals surface area contributed by atoms with Crippen LogP contribution in [0, 0.1) is 35.5 Å². The summed E-state index contributed by atoms with van der Waals surface area (Å²) in [7, 11) is 0. The van der Waals surface area contributed by atoms with E-state index < -0.39 is 0 Å². The minimum Gasteiger partial charge on any atom is -0.393 e. The van der Waals surface area contributed by atoms with Crippen LogP contribution in [0.1, 0.15) is 64.2 Å². The second-order valence-electron chi connectivity index (χ2n) is 7.67. The van der Waals surface area contributed by atoms with Gasteiger partial charge in [0, 0.05) is 0 Å². The minimum absolute atomic E-state index is 0.0583. The van der Waals surface area contributed by atoms with E-state index in [4.69, 9.17) is 0 Å². The van der Waals surface area contributed by atoms with Gasteiger partial charge in [-0.3, -0.25) is 0 Å². The summed E-state index contributed by atoms with van der Waals surface area (Å²) in [5.41, 5.74) is 0. The fourth-order valence-electron chi connectivity index (χ4n) is 6.46. The van der Waals surface area contributed by atoms with Crippen LogP contribution in [0.2, 0.25) is 0 Å². The molecule has 0 saturated heterocycles. The molecule has 1 N–H and O–H groups in total. The second kappa shape index (κ2) is 4.51. The Bertz CT molecular complexity index is 313. The SMILES string of the molecule is OC1CCC2CCC3C4CCCCC4CCC3C12. The van der Waals surface area contributed by atoms with Gasteiger partial charge >= 0.3 is 0 Å². The number of aliphatic hydroxyl groups is 1. The maximum absolute atomic E-state index is 10.4. The lowest BCUT2D eigenvalue weighted by molar-refractivity contribution is -0.0509. The number of rotatable bonds is 0. The first-order chi connectivity index (χ1) is 8.84. The van der Waals surface area contributed by atoms with Gasteiger partial charge in [-0.2, -0.15) is 0 Å². The molecule has 4 saturated carbocycles. The van der Waals surface area contributed by atoms with Gasteiger partial charge in [-0.1, -0.05) is 19.3 Å². The summed E-state index contributed by atoms with van der Waals surface area (Å²) in [5, 5.41) is 10.4. The molecule has 0 spiro atoms. The Hall–Kier alpha value is -0.0400. The monoisotopic (exact) mass is 248 g/mol. The van der Waals surface area contributed by atoms with E-state index in [0.29, 0.717) is 5.92 Å². The van der Waals surface area contributed by atoms with Crippen molar-refractivity contribution < 1.29 is 5.11 Å². The fraction of sp³-hybridized carbons (Fsp3) is 1.00. The summed E-state index contributed by atoms with van der Waals surface area (Å²) in [6.07, 6.45) is 14.4. The Morgan fingerprint density at radius 1 is 0.556 bits per heavy atom. The van der Waals surface area contributed by atoms with Crippen molar-refractivity contribution >= 4 is 0 Å². The maximum Gasteiger partial charge on any atom is 0.0573 e. The molecular weight excluding hydrogens is 220 g/mol. The van der Waals surface area contributed by atoms with E-state index in [1.54, 1.807) is 0 Å². The van der Waals surface area contributed by atoms with Crippen molar-refractivity contribution in [3.05, 3.63) is 0 Å². The quantitative estimate of drug-likeness (QED) is 0.687. The number of fused-ring (bicyclic) bond motifs is 5. The molecule has 4 aliphatic carbocycles. The average Bonchev–Trinajstić information content (AvgIpc) is 2.80. The Morgan fingerprint density at radius 3 is 2.22 bits per heavy atom. The first kappa shape index (κ1) is 11.8. The van der Waals surface area contributed by atoms with Crippen LogP contribution in [0.25, 0.3) is 0 Å². The molecule has 1 nitrogen and oxygen atoms in total. The third kappa shape index (κ3) is 1.69. The molecule has 0 bridgehead atoms.